The zero-order chi connectivity index (χ0) is 19.4. The number of hydrogen-bond acceptors (Lipinski definition) is 4. The quantitative estimate of drug-likeness (QED) is 0.748. The van der Waals surface area contributed by atoms with E-state index in [1.54, 1.807) is 7.11 Å². The first-order valence-electron chi connectivity index (χ1n) is 9.80. The predicted octanol–water partition coefficient (Wildman–Crippen LogP) is 1.39. The second-order valence-corrected chi connectivity index (χ2v) is 7.94. The third-order valence-electron chi connectivity index (χ3n) is 5.54. The van der Waals surface area contributed by atoms with Gasteiger partial charge in [0.1, 0.15) is 0 Å². The summed E-state index contributed by atoms with van der Waals surface area (Å²) in [5.41, 5.74) is 2.40. The second kappa shape index (κ2) is 8.85. The maximum atomic E-state index is 12.8. The molecule has 1 saturated heterocycles. The van der Waals surface area contributed by atoms with Crippen molar-refractivity contribution in [3.8, 4) is 0 Å². The lowest BCUT2D eigenvalue weighted by atomic mass is 9.93. The van der Waals surface area contributed by atoms with E-state index in [0.29, 0.717) is 26.2 Å². The highest BCUT2D eigenvalue weighted by molar-refractivity contribution is 5.82. The van der Waals surface area contributed by atoms with Crippen molar-refractivity contribution in [3.05, 3.63) is 35.4 Å². The number of likely N-dealkylation sites (tertiary alicyclic amines) is 1. The van der Waals surface area contributed by atoms with Crippen LogP contribution in [0.4, 0.5) is 0 Å². The summed E-state index contributed by atoms with van der Waals surface area (Å²) in [6.45, 7) is 4.99. The van der Waals surface area contributed by atoms with E-state index in [2.05, 4.69) is 36.5 Å². The third kappa shape index (κ3) is 5.30. The summed E-state index contributed by atoms with van der Waals surface area (Å²) in [5.74, 6) is 0.563. The van der Waals surface area contributed by atoms with E-state index in [1.165, 1.54) is 11.1 Å². The van der Waals surface area contributed by atoms with Crippen molar-refractivity contribution in [1.29, 1.82) is 0 Å². The maximum Gasteiger partial charge on any atom is 0.236 e. The molecule has 6 nitrogen and oxygen atoms in total. The van der Waals surface area contributed by atoms with Gasteiger partial charge in [0.05, 0.1) is 19.2 Å². The van der Waals surface area contributed by atoms with Gasteiger partial charge in [-0.25, -0.2) is 0 Å². The Labute approximate surface area is 161 Å². The van der Waals surface area contributed by atoms with Gasteiger partial charge in [-0.05, 0) is 32.4 Å². The van der Waals surface area contributed by atoms with Crippen molar-refractivity contribution in [2.45, 2.75) is 31.7 Å². The molecule has 1 N–H and O–H groups in total. The number of ether oxygens (including phenoxy) is 1. The van der Waals surface area contributed by atoms with E-state index < -0.39 is 0 Å². The van der Waals surface area contributed by atoms with Gasteiger partial charge in [0, 0.05) is 38.6 Å². The first-order chi connectivity index (χ1) is 13.0. The van der Waals surface area contributed by atoms with Crippen molar-refractivity contribution >= 4 is 11.8 Å². The van der Waals surface area contributed by atoms with Crippen LogP contribution in [0.25, 0.3) is 0 Å². The molecule has 148 valence electrons. The van der Waals surface area contributed by atoms with Crippen LogP contribution in [0.2, 0.25) is 0 Å². The van der Waals surface area contributed by atoms with Crippen molar-refractivity contribution in [2.75, 3.05) is 46.9 Å². The Morgan fingerprint density at radius 2 is 1.93 bits per heavy atom. The van der Waals surface area contributed by atoms with Crippen LogP contribution in [0.15, 0.2) is 24.3 Å². The van der Waals surface area contributed by atoms with Crippen LogP contribution < -0.4 is 5.32 Å². The Hall–Kier alpha value is -1.92. The molecule has 3 rings (SSSR count). The van der Waals surface area contributed by atoms with Crippen LogP contribution >= 0.6 is 0 Å². The number of aryl methyl sites for hydroxylation is 1. The number of carbonyl (C=O) groups is 2. The molecule has 1 aliphatic carbocycles. The number of amides is 2. The average Bonchev–Trinajstić information content (AvgIpc) is 3.42. The summed E-state index contributed by atoms with van der Waals surface area (Å²) >= 11 is 0. The monoisotopic (exact) mass is 373 g/mol. The molecule has 0 spiro atoms. The first kappa shape index (κ1) is 19.8. The highest BCUT2D eigenvalue weighted by Gasteiger charge is 2.39. The minimum atomic E-state index is -0.0194. The van der Waals surface area contributed by atoms with Gasteiger partial charge < -0.3 is 15.0 Å². The van der Waals surface area contributed by atoms with Crippen molar-refractivity contribution in [2.24, 2.45) is 5.92 Å². The number of hydrogen-bond donors (Lipinski definition) is 1. The molecule has 1 saturated carbocycles. The number of methoxy groups -OCH3 is 1. The summed E-state index contributed by atoms with van der Waals surface area (Å²) < 4.78 is 5.08. The number of carbonyl (C=O) groups excluding carboxylic acids is 2. The molecule has 0 aromatic heterocycles. The molecule has 2 aliphatic rings. The van der Waals surface area contributed by atoms with E-state index in [4.69, 9.17) is 4.74 Å². The highest BCUT2D eigenvalue weighted by atomic mass is 16.5. The summed E-state index contributed by atoms with van der Waals surface area (Å²) in [4.78, 5) is 29.0. The Bertz CT molecular complexity index is 657. The van der Waals surface area contributed by atoms with Crippen LogP contribution in [0.5, 0.6) is 0 Å². The van der Waals surface area contributed by atoms with Crippen LogP contribution in [0, 0.1) is 12.8 Å². The van der Waals surface area contributed by atoms with Gasteiger partial charge in [0.25, 0.3) is 0 Å². The molecule has 2 atom stereocenters. The Balaban J connectivity index is 1.67. The summed E-state index contributed by atoms with van der Waals surface area (Å²) in [7, 11) is 3.59. The molecule has 1 aromatic carbocycles. The standard InChI is InChI=1S/C21H31N3O3/c1-15-4-6-16(7-5-15)18-12-24(20(25)14-23(2)10-11-27-3)13-19(18)22-21(26)17-8-9-17/h4-7,17-19H,8-14H2,1-3H3,(H,22,26)/t18-,19+/m0/s1. The van der Waals surface area contributed by atoms with Crippen LogP contribution in [0.1, 0.15) is 29.9 Å². The fourth-order valence-electron chi connectivity index (χ4n) is 3.61. The molecule has 1 aliphatic heterocycles. The second-order valence-electron chi connectivity index (χ2n) is 7.94. The molecular formula is C21H31N3O3. The average molecular weight is 373 g/mol. The van der Waals surface area contributed by atoms with Gasteiger partial charge in [-0.2, -0.15) is 0 Å². The lowest BCUT2D eigenvalue weighted by Crippen LogP contribution is -2.42. The fourth-order valence-corrected chi connectivity index (χ4v) is 3.61. The molecular weight excluding hydrogens is 342 g/mol. The minimum absolute atomic E-state index is 0.0194. The Kier molecular flexibility index (Phi) is 6.50. The van der Waals surface area contributed by atoms with Gasteiger partial charge in [-0.1, -0.05) is 29.8 Å². The van der Waals surface area contributed by atoms with Crippen molar-refractivity contribution < 1.29 is 14.3 Å². The molecule has 2 amide bonds. The van der Waals surface area contributed by atoms with Gasteiger partial charge in [-0.3, -0.25) is 14.5 Å². The van der Waals surface area contributed by atoms with E-state index in [-0.39, 0.29) is 29.7 Å². The zero-order valence-electron chi connectivity index (χ0n) is 16.6. The zero-order valence-corrected chi connectivity index (χ0v) is 16.6. The lowest BCUT2D eigenvalue weighted by Gasteiger charge is -2.21. The molecule has 0 bridgehead atoms. The predicted molar refractivity (Wildman–Crippen MR) is 105 cm³/mol. The normalized spacial score (nSPS) is 22.3. The molecule has 1 aromatic rings. The van der Waals surface area contributed by atoms with E-state index in [1.807, 2.05) is 16.8 Å². The smallest absolute Gasteiger partial charge is 0.236 e. The Morgan fingerprint density at radius 1 is 1.22 bits per heavy atom. The maximum absolute atomic E-state index is 12.8. The minimum Gasteiger partial charge on any atom is -0.383 e. The molecule has 6 heteroatoms. The van der Waals surface area contributed by atoms with E-state index in [9.17, 15) is 9.59 Å². The molecule has 2 fully saturated rings. The molecule has 0 radical (unpaired) electrons. The first-order valence-corrected chi connectivity index (χ1v) is 9.80. The number of rotatable bonds is 8. The molecule has 1 heterocycles. The van der Waals surface area contributed by atoms with Crippen LogP contribution in [0.3, 0.4) is 0 Å². The molecule has 0 unspecified atom stereocenters. The lowest BCUT2D eigenvalue weighted by molar-refractivity contribution is -0.131. The summed E-state index contributed by atoms with van der Waals surface area (Å²) in [6.07, 6.45) is 1.97. The SMILES string of the molecule is COCCN(C)CC(=O)N1C[C@@H](NC(=O)C2CC2)[C@H](c2ccc(C)cc2)C1. The molecule has 27 heavy (non-hydrogen) atoms. The number of nitrogens with one attached hydrogen (secondary N) is 1. The van der Waals surface area contributed by atoms with Gasteiger partial charge in [0.2, 0.25) is 11.8 Å². The third-order valence-corrected chi connectivity index (χ3v) is 5.54. The van der Waals surface area contributed by atoms with Crippen molar-refractivity contribution in [3.63, 3.8) is 0 Å². The summed E-state index contributed by atoms with van der Waals surface area (Å²) in [5, 5.41) is 3.21. The summed E-state index contributed by atoms with van der Waals surface area (Å²) in [6, 6.07) is 8.41. The Morgan fingerprint density at radius 3 is 2.56 bits per heavy atom. The number of benzene rings is 1. The van der Waals surface area contributed by atoms with Crippen LogP contribution in [-0.4, -0.2) is 74.6 Å². The fraction of sp³-hybridized carbons (Fsp3) is 0.619. The van der Waals surface area contributed by atoms with Gasteiger partial charge in [0.15, 0.2) is 0 Å². The van der Waals surface area contributed by atoms with Gasteiger partial charge >= 0.3 is 0 Å². The van der Waals surface area contributed by atoms with Gasteiger partial charge in [-0.15, -0.1) is 0 Å². The number of likely N-dealkylation sites (N-methyl/N-ethyl adjacent to an activating group) is 1. The van der Waals surface area contributed by atoms with E-state index in [0.717, 1.165) is 19.4 Å². The highest BCUT2D eigenvalue weighted by Crippen LogP contribution is 2.32. The van der Waals surface area contributed by atoms with Crippen LogP contribution in [-0.2, 0) is 14.3 Å². The largest absolute Gasteiger partial charge is 0.383 e. The van der Waals surface area contributed by atoms with E-state index >= 15 is 0 Å². The topological polar surface area (TPSA) is 61.9 Å². The van der Waals surface area contributed by atoms with Crippen molar-refractivity contribution in [1.82, 2.24) is 15.1 Å². The number of nitrogens with zero attached hydrogens (tertiary/aromatic N) is 2.